The normalized spacial score (nSPS) is 15.7. The molecule has 1 fully saturated rings. The van der Waals surface area contributed by atoms with E-state index < -0.39 is 0 Å². The van der Waals surface area contributed by atoms with Gasteiger partial charge in [0.2, 0.25) is 5.89 Å². The lowest BCUT2D eigenvalue weighted by atomic mass is 10.2. The van der Waals surface area contributed by atoms with Crippen LogP contribution in [0.25, 0.3) is 0 Å². The highest BCUT2D eigenvalue weighted by Crippen LogP contribution is 2.16. The Morgan fingerprint density at radius 1 is 1.17 bits per heavy atom. The first kappa shape index (κ1) is 15.9. The van der Waals surface area contributed by atoms with Gasteiger partial charge in [0.05, 0.1) is 26.3 Å². The van der Waals surface area contributed by atoms with E-state index in [1.807, 2.05) is 18.2 Å². The molecule has 1 saturated heterocycles. The van der Waals surface area contributed by atoms with Crippen LogP contribution in [0.1, 0.15) is 11.7 Å². The van der Waals surface area contributed by atoms with Crippen molar-refractivity contribution < 1.29 is 9.26 Å². The van der Waals surface area contributed by atoms with Gasteiger partial charge in [-0.1, -0.05) is 23.4 Å². The number of aromatic nitrogens is 2. The second-order valence-electron chi connectivity index (χ2n) is 5.52. The first-order chi connectivity index (χ1) is 11.3. The van der Waals surface area contributed by atoms with Gasteiger partial charge in [0.25, 0.3) is 0 Å². The smallest absolute Gasteiger partial charge is 0.240 e. The summed E-state index contributed by atoms with van der Waals surface area (Å²) in [5.41, 5.74) is 6.69. The van der Waals surface area contributed by atoms with Crippen LogP contribution in [0, 0.1) is 0 Å². The molecular formula is C16H23N5O2. The average molecular weight is 317 g/mol. The van der Waals surface area contributed by atoms with E-state index in [-0.39, 0.29) is 6.54 Å². The van der Waals surface area contributed by atoms with Crippen LogP contribution in [0.15, 0.2) is 34.9 Å². The number of hydrogen-bond acceptors (Lipinski definition) is 7. The minimum atomic E-state index is 0.270. The second kappa shape index (κ2) is 8.05. The summed E-state index contributed by atoms with van der Waals surface area (Å²) in [6, 6.07) is 10.3. The summed E-state index contributed by atoms with van der Waals surface area (Å²) in [7, 11) is 0. The third-order valence-corrected chi connectivity index (χ3v) is 3.93. The van der Waals surface area contributed by atoms with Crippen LogP contribution >= 0.6 is 0 Å². The zero-order valence-corrected chi connectivity index (χ0v) is 13.2. The molecule has 3 rings (SSSR count). The summed E-state index contributed by atoms with van der Waals surface area (Å²) < 4.78 is 10.5. The van der Waals surface area contributed by atoms with Crippen molar-refractivity contribution in [2.24, 2.45) is 5.73 Å². The molecule has 124 valence electrons. The van der Waals surface area contributed by atoms with Gasteiger partial charge in [-0.2, -0.15) is 4.98 Å². The Labute approximate surface area is 136 Å². The zero-order chi connectivity index (χ0) is 15.9. The molecule has 23 heavy (non-hydrogen) atoms. The maximum absolute atomic E-state index is 5.53. The summed E-state index contributed by atoms with van der Waals surface area (Å²) in [4.78, 5) is 8.99. The molecule has 1 aromatic carbocycles. The van der Waals surface area contributed by atoms with E-state index in [2.05, 4.69) is 32.1 Å². The zero-order valence-electron chi connectivity index (χ0n) is 13.2. The SMILES string of the molecule is NCc1nc(CN(CCN2CCOCC2)c2ccccc2)no1. The fourth-order valence-corrected chi connectivity index (χ4v) is 2.63. The van der Waals surface area contributed by atoms with E-state index in [0.29, 0.717) is 18.3 Å². The molecule has 0 unspecified atom stereocenters. The summed E-state index contributed by atoms with van der Waals surface area (Å²) >= 11 is 0. The summed E-state index contributed by atoms with van der Waals surface area (Å²) in [6.07, 6.45) is 0. The summed E-state index contributed by atoms with van der Waals surface area (Å²) in [5, 5.41) is 4.01. The van der Waals surface area contributed by atoms with Crippen molar-refractivity contribution >= 4 is 5.69 Å². The van der Waals surface area contributed by atoms with Crippen molar-refractivity contribution in [3.8, 4) is 0 Å². The minimum absolute atomic E-state index is 0.270. The van der Waals surface area contributed by atoms with Crippen LogP contribution in [-0.2, 0) is 17.8 Å². The van der Waals surface area contributed by atoms with Crippen LogP contribution in [0.5, 0.6) is 0 Å². The van der Waals surface area contributed by atoms with Crippen molar-refractivity contribution in [1.82, 2.24) is 15.0 Å². The quantitative estimate of drug-likeness (QED) is 0.811. The van der Waals surface area contributed by atoms with Gasteiger partial charge in [-0.15, -0.1) is 0 Å². The molecule has 7 nitrogen and oxygen atoms in total. The number of anilines is 1. The highest BCUT2D eigenvalue weighted by molar-refractivity contribution is 5.45. The van der Waals surface area contributed by atoms with Gasteiger partial charge in [-0.25, -0.2) is 0 Å². The number of ether oxygens (including phenoxy) is 1. The maximum Gasteiger partial charge on any atom is 0.240 e. The van der Waals surface area contributed by atoms with Crippen LogP contribution in [0.4, 0.5) is 5.69 Å². The number of nitrogens with two attached hydrogens (primary N) is 1. The molecule has 2 aromatic rings. The standard InChI is InChI=1S/C16H23N5O2/c17-12-16-18-15(19-23-16)13-21(14-4-2-1-3-5-14)7-6-20-8-10-22-11-9-20/h1-5H,6-13,17H2. The van der Waals surface area contributed by atoms with Gasteiger partial charge in [0.1, 0.15) is 0 Å². The van der Waals surface area contributed by atoms with Crippen molar-refractivity contribution in [3.63, 3.8) is 0 Å². The second-order valence-corrected chi connectivity index (χ2v) is 5.52. The van der Waals surface area contributed by atoms with Crippen LogP contribution in [-0.4, -0.2) is 54.4 Å². The van der Waals surface area contributed by atoms with E-state index >= 15 is 0 Å². The number of para-hydroxylation sites is 1. The Balaban J connectivity index is 1.65. The van der Waals surface area contributed by atoms with Crippen molar-refractivity contribution in [2.75, 3.05) is 44.3 Å². The first-order valence-corrected chi connectivity index (χ1v) is 7.97. The molecule has 0 aliphatic carbocycles. The van der Waals surface area contributed by atoms with Gasteiger partial charge in [-0.05, 0) is 12.1 Å². The lowest BCUT2D eigenvalue weighted by Crippen LogP contribution is -2.41. The number of hydrogen-bond donors (Lipinski definition) is 1. The molecule has 0 bridgehead atoms. The molecule has 1 aliphatic rings. The van der Waals surface area contributed by atoms with E-state index in [1.165, 1.54) is 0 Å². The van der Waals surface area contributed by atoms with Crippen molar-refractivity contribution in [3.05, 3.63) is 42.0 Å². The van der Waals surface area contributed by atoms with E-state index in [9.17, 15) is 0 Å². The van der Waals surface area contributed by atoms with Crippen LogP contribution in [0.2, 0.25) is 0 Å². The number of benzene rings is 1. The third-order valence-electron chi connectivity index (χ3n) is 3.93. The van der Waals surface area contributed by atoms with Crippen LogP contribution < -0.4 is 10.6 Å². The minimum Gasteiger partial charge on any atom is -0.379 e. The predicted molar refractivity (Wildman–Crippen MR) is 86.9 cm³/mol. The van der Waals surface area contributed by atoms with Crippen molar-refractivity contribution in [1.29, 1.82) is 0 Å². The van der Waals surface area contributed by atoms with Gasteiger partial charge in [0, 0.05) is 31.9 Å². The molecule has 0 radical (unpaired) electrons. The Morgan fingerprint density at radius 3 is 2.65 bits per heavy atom. The Bertz CT molecular complexity index is 583. The topological polar surface area (TPSA) is 80.7 Å². The molecular weight excluding hydrogens is 294 g/mol. The first-order valence-electron chi connectivity index (χ1n) is 7.97. The molecule has 0 saturated carbocycles. The fraction of sp³-hybridized carbons (Fsp3) is 0.500. The number of morpholine rings is 1. The van der Waals surface area contributed by atoms with Gasteiger partial charge in [-0.3, -0.25) is 4.90 Å². The molecule has 0 atom stereocenters. The van der Waals surface area contributed by atoms with E-state index in [4.69, 9.17) is 15.0 Å². The third kappa shape index (κ3) is 4.51. The maximum atomic E-state index is 5.53. The number of nitrogens with zero attached hydrogens (tertiary/aromatic N) is 4. The summed E-state index contributed by atoms with van der Waals surface area (Å²) in [5.74, 6) is 1.14. The average Bonchev–Trinajstić information content (AvgIpc) is 3.08. The van der Waals surface area contributed by atoms with Gasteiger partial charge in [0.15, 0.2) is 5.82 Å². The number of rotatable bonds is 7. The Morgan fingerprint density at radius 2 is 1.96 bits per heavy atom. The monoisotopic (exact) mass is 317 g/mol. The molecule has 1 aromatic heterocycles. The van der Waals surface area contributed by atoms with E-state index in [0.717, 1.165) is 45.1 Å². The fourth-order valence-electron chi connectivity index (χ4n) is 2.63. The largest absolute Gasteiger partial charge is 0.379 e. The van der Waals surface area contributed by atoms with Gasteiger partial charge < -0.3 is 19.9 Å². The van der Waals surface area contributed by atoms with Crippen molar-refractivity contribution in [2.45, 2.75) is 13.1 Å². The molecule has 2 heterocycles. The Hall–Kier alpha value is -1.96. The summed E-state index contributed by atoms with van der Waals surface area (Å²) in [6.45, 7) is 6.37. The molecule has 2 N–H and O–H groups in total. The van der Waals surface area contributed by atoms with Gasteiger partial charge >= 0.3 is 0 Å². The molecule has 0 amide bonds. The molecule has 0 spiro atoms. The highest BCUT2D eigenvalue weighted by atomic mass is 16.5. The lowest BCUT2D eigenvalue weighted by molar-refractivity contribution is 0.0391. The molecule has 7 heteroatoms. The predicted octanol–water partition coefficient (Wildman–Crippen LogP) is 0.867. The highest BCUT2D eigenvalue weighted by Gasteiger charge is 2.15. The Kier molecular flexibility index (Phi) is 5.57. The lowest BCUT2D eigenvalue weighted by Gasteiger charge is -2.30. The van der Waals surface area contributed by atoms with Crippen LogP contribution in [0.3, 0.4) is 0 Å². The van der Waals surface area contributed by atoms with E-state index in [1.54, 1.807) is 0 Å². The molecule has 1 aliphatic heterocycles.